The van der Waals surface area contributed by atoms with Gasteiger partial charge in [-0.25, -0.2) is 0 Å². The number of fused-ring (bicyclic) bond motifs is 2. The maximum Gasteiger partial charge on any atom is 0.223 e. The lowest BCUT2D eigenvalue weighted by molar-refractivity contribution is -0.129. The molecule has 1 amide bonds. The summed E-state index contributed by atoms with van der Waals surface area (Å²) in [5.74, 6) is 0.353. The molecule has 0 saturated carbocycles. The average Bonchev–Trinajstić information content (AvgIpc) is 2.87. The molecule has 3 aliphatic heterocycles. The molecule has 1 aromatic rings. The Morgan fingerprint density at radius 2 is 2.15 bits per heavy atom. The molecule has 1 atom stereocenters. The van der Waals surface area contributed by atoms with Gasteiger partial charge in [-0.1, -0.05) is 6.07 Å². The van der Waals surface area contributed by atoms with Crippen molar-refractivity contribution in [2.75, 3.05) is 36.4 Å². The summed E-state index contributed by atoms with van der Waals surface area (Å²) in [6.07, 6.45) is 4.16. The van der Waals surface area contributed by atoms with Crippen molar-refractivity contribution < 1.29 is 4.79 Å². The predicted molar refractivity (Wildman–Crippen MR) is 80.2 cm³/mol. The van der Waals surface area contributed by atoms with Gasteiger partial charge in [0.2, 0.25) is 5.91 Å². The van der Waals surface area contributed by atoms with Crippen LogP contribution in [0.5, 0.6) is 0 Å². The van der Waals surface area contributed by atoms with Crippen LogP contribution in [0.4, 0.5) is 11.4 Å². The maximum absolute atomic E-state index is 11.8. The van der Waals surface area contributed by atoms with Crippen LogP contribution in [0.1, 0.15) is 24.8 Å². The Morgan fingerprint density at radius 3 is 3.10 bits per heavy atom. The zero-order valence-electron chi connectivity index (χ0n) is 11.8. The van der Waals surface area contributed by atoms with Gasteiger partial charge >= 0.3 is 0 Å². The van der Waals surface area contributed by atoms with Gasteiger partial charge in [-0.2, -0.15) is 0 Å². The fraction of sp³-hybridized carbons (Fsp3) is 0.562. The Hall–Kier alpha value is -1.71. The van der Waals surface area contributed by atoms with E-state index in [9.17, 15) is 4.79 Å². The first kappa shape index (κ1) is 12.1. The SMILES string of the molecule is O=C1CCC2CN(c3cccc4c3CCCN4)CCN12. The number of nitrogens with one attached hydrogen (secondary N) is 1. The first-order valence-corrected chi connectivity index (χ1v) is 7.73. The van der Waals surface area contributed by atoms with Crippen molar-refractivity contribution in [2.24, 2.45) is 0 Å². The van der Waals surface area contributed by atoms with E-state index in [1.807, 2.05) is 0 Å². The lowest BCUT2D eigenvalue weighted by atomic mass is 9.99. The van der Waals surface area contributed by atoms with Gasteiger partial charge in [0.05, 0.1) is 0 Å². The highest BCUT2D eigenvalue weighted by Gasteiger charge is 2.36. The molecule has 1 unspecified atom stereocenters. The van der Waals surface area contributed by atoms with Gasteiger partial charge in [0.15, 0.2) is 0 Å². The third kappa shape index (κ3) is 1.86. The number of rotatable bonds is 1. The highest BCUT2D eigenvalue weighted by atomic mass is 16.2. The number of anilines is 2. The molecule has 4 rings (SSSR count). The molecule has 3 aliphatic rings. The molecule has 4 nitrogen and oxygen atoms in total. The normalized spacial score (nSPS) is 25.2. The summed E-state index contributed by atoms with van der Waals surface area (Å²) in [6, 6.07) is 7.02. The molecule has 106 valence electrons. The molecule has 1 N–H and O–H groups in total. The topological polar surface area (TPSA) is 35.6 Å². The standard InChI is InChI=1S/C16H21N3O/c20-16-7-6-12-11-18(9-10-19(12)16)15-5-1-4-14-13(15)3-2-8-17-14/h1,4-5,12,17H,2-3,6-11H2. The van der Waals surface area contributed by atoms with Crippen LogP contribution in [0, 0.1) is 0 Å². The van der Waals surface area contributed by atoms with Crippen molar-refractivity contribution in [1.29, 1.82) is 0 Å². The predicted octanol–water partition coefficient (Wildman–Crippen LogP) is 1.86. The monoisotopic (exact) mass is 271 g/mol. The minimum atomic E-state index is 0.353. The van der Waals surface area contributed by atoms with Gasteiger partial charge in [0.25, 0.3) is 0 Å². The largest absolute Gasteiger partial charge is 0.385 e. The summed E-state index contributed by atoms with van der Waals surface area (Å²) in [5, 5.41) is 3.50. The van der Waals surface area contributed by atoms with E-state index >= 15 is 0 Å². The highest BCUT2D eigenvalue weighted by Crippen LogP contribution is 2.34. The molecule has 0 aromatic heterocycles. The zero-order chi connectivity index (χ0) is 13.5. The van der Waals surface area contributed by atoms with Crippen LogP contribution < -0.4 is 10.2 Å². The molecule has 0 bridgehead atoms. The van der Waals surface area contributed by atoms with Crippen molar-refractivity contribution >= 4 is 17.3 Å². The molecular weight excluding hydrogens is 250 g/mol. The Kier molecular flexibility index (Phi) is 2.83. The van der Waals surface area contributed by atoms with Crippen LogP contribution in [0.2, 0.25) is 0 Å². The van der Waals surface area contributed by atoms with Gasteiger partial charge in [-0.15, -0.1) is 0 Å². The maximum atomic E-state index is 11.8. The molecule has 0 aliphatic carbocycles. The van der Waals surface area contributed by atoms with Gasteiger partial charge < -0.3 is 15.1 Å². The molecule has 3 heterocycles. The number of hydrogen-bond acceptors (Lipinski definition) is 3. The second-order valence-electron chi connectivity index (χ2n) is 6.06. The van der Waals surface area contributed by atoms with Crippen LogP contribution in [0.3, 0.4) is 0 Å². The molecular formula is C16H21N3O. The number of amides is 1. The number of benzene rings is 1. The minimum absolute atomic E-state index is 0.353. The number of piperazine rings is 1. The van der Waals surface area contributed by atoms with E-state index in [-0.39, 0.29) is 0 Å². The van der Waals surface area contributed by atoms with Crippen molar-refractivity contribution in [1.82, 2.24) is 4.90 Å². The Balaban J connectivity index is 1.61. The zero-order valence-corrected chi connectivity index (χ0v) is 11.8. The summed E-state index contributed by atoms with van der Waals surface area (Å²) in [4.78, 5) is 16.4. The third-order valence-electron chi connectivity index (χ3n) is 4.91. The van der Waals surface area contributed by atoms with Crippen LogP contribution >= 0.6 is 0 Å². The van der Waals surface area contributed by atoms with E-state index in [4.69, 9.17) is 0 Å². The molecule has 0 radical (unpaired) electrons. The fourth-order valence-electron chi connectivity index (χ4n) is 3.87. The number of nitrogens with zero attached hydrogens (tertiary/aromatic N) is 2. The van der Waals surface area contributed by atoms with Gasteiger partial charge in [0.1, 0.15) is 0 Å². The second-order valence-corrected chi connectivity index (χ2v) is 6.06. The van der Waals surface area contributed by atoms with Gasteiger partial charge in [-0.05, 0) is 37.0 Å². The number of carbonyl (C=O) groups is 1. The summed E-state index contributed by atoms with van der Waals surface area (Å²) < 4.78 is 0. The molecule has 0 spiro atoms. The van der Waals surface area contributed by atoms with Crippen molar-refractivity contribution in [3.63, 3.8) is 0 Å². The van der Waals surface area contributed by atoms with Gasteiger partial charge in [-0.3, -0.25) is 4.79 Å². The Morgan fingerprint density at radius 1 is 1.20 bits per heavy atom. The van der Waals surface area contributed by atoms with E-state index in [2.05, 4.69) is 33.3 Å². The molecule has 2 fully saturated rings. The van der Waals surface area contributed by atoms with E-state index in [1.54, 1.807) is 0 Å². The first-order valence-electron chi connectivity index (χ1n) is 7.73. The van der Waals surface area contributed by atoms with Crippen LogP contribution in [-0.4, -0.2) is 43.0 Å². The lowest BCUT2D eigenvalue weighted by Gasteiger charge is -2.40. The first-order chi connectivity index (χ1) is 9.83. The quantitative estimate of drug-likeness (QED) is 0.847. The molecule has 4 heteroatoms. The van der Waals surface area contributed by atoms with E-state index < -0.39 is 0 Å². The van der Waals surface area contributed by atoms with Crippen molar-refractivity contribution in [3.05, 3.63) is 23.8 Å². The van der Waals surface area contributed by atoms with E-state index in [0.717, 1.165) is 39.0 Å². The van der Waals surface area contributed by atoms with Crippen LogP contribution in [-0.2, 0) is 11.2 Å². The highest BCUT2D eigenvalue weighted by molar-refractivity contribution is 5.79. The number of hydrogen-bond donors (Lipinski definition) is 1. The molecule has 2 saturated heterocycles. The molecule has 1 aromatic carbocycles. The van der Waals surface area contributed by atoms with E-state index in [0.29, 0.717) is 11.9 Å². The minimum Gasteiger partial charge on any atom is -0.385 e. The second kappa shape index (κ2) is 4.69. The summed E-state index contributed by atoms with van der Waals surface area (Å²) in [6.45, 7) is 3.95. The van der Waals surface area contributed by atoms with Crippen molar-refractivity contribution in [3.8, 4) is 0 Å². The third-order valence-corrected chi connectivity index (χ3v) is 4.91. The summed E-state index contributed by atoms with van der Waals surface area (Å²) in [5.41, 5.74) is 4.16. The van der Waals surface area contributed by atoms with Crippen molar-refractivity contribution in [2.45, 2.75) is 31.7 Å². The fourth-order valence-corrected chi connectivity index (χ4v) is 3.87. The summed E-state index contributed by atoms with van der Waals surface area (Å²) in [7, 11) is 0. The van der Waals surface area contributed by atoms with Gasteiger partial charge in [0, 0.05) is 50.0 Å². The Labute approximate surface area is 119 Å². The van der Waals surface area contributed by atoms with E-state index in [1.165, 1.54) is 29.8 Å². The summed E-state index contributed by atoms with van der Waals surface area (Å²) >= 11 is 0. The lowest BCUT2D eigenvalue weighted by Crippen LogP contribution is -2.51. The Bertz CT molecular complexity index is 543. The number of carbonyl (C=O) groups excluding carboxylic acids is 1. The smallest absolute Gasteiger partial charge is 0.223 e. The molecule has 20 heavy (non-hydrogen) atoms. The van der Waals surface area contributed by atoms with Crippen LogP contribution in [0.15, 0.2) is 18.2 Å². The van der Waals surface area contributed by atoms with Crippen LogP contribution in [0.25, 0.3) is 0 Å². The average molecular weight is 271 g/mol.